The largest absolute Gasteiger partial charge is 0.347 e. The lowest BCUT2D eigenvalue weighted by molar-refractivity contribution is -0.283. The van der Waals surface area contributed by atoms with Crippen LogP contribution in [0.1, 0.15) is 111 Å². The Kier molecular flexibility index (Phi) is 10.4. The van der Waals surface area contributed by atoms with E-state index in [0.717, 1.165) is 25.7 Å². The normalized spacial score (nSPS) is 22.9. The van der Waals surface area contributed by atoms with Crippen LogP contribution in [0.4, 0.5) is 0 Å². The fraction of sp³-hybridized carbons (Fsp3) is 1.00. The van der Waals surface area contributed by atoms with E-state index in [-0.39, 0.29) is 5.79 Å². The number of ether oxygens (including phenoxy) is 2. The minimum Gasteiger partial charge on any atom is -0.347 e. The van der Waals surface area contributed by atoms with Gasteiger partial charge in [0.15, 0.2) is 5.79 Å². The molecule has 2 nitrogen and oxygen atoms in total. The average molecular weight is 313 g/mol. The van der Waals surface area contributed by atoms with Crippen molar-refractivity contribution in [1.82, 2.24) is 0 Å². The molecule has 1 fully saturated rings. The van der Waals surface area contributed by atoms with Crippen LogP contribution >= 0.6 is 0 Å². The first-order valence-corrected chi connectivity index (χ1v) is 9.97. The molecule has 0 bridgehead atoms. The van der Waals surface area contributed by atoms with E-state index in [1.807, 2.05) is 0 Å². The molecule has 2 atom stereocenters. The van der Waals surface area contributed by atoms with Crippen molar-refractivity contribution >= 4 is 0 Å². The van der Waals surface area contributed by atoms with Crippen molar-refractivity contribution in [2.24, 2.45) is 0 Å². The molecule has 22 heavy (non-hydrogen) atoms. The van der Waals surface area contributed by atoms with E-state index in [9.17, 15) is 0 Å². The molecule has 1 rings (SSSR count). The minimum atomic E-state index is -0.319. The lowest BCUT2D eigenvalue weighted by atomic mass is 9.95. The first-order chi connectivity index (χ1) is 10.6. The van der Waals surface area contributed by atoms with Gasteiger partial charge in [-0.3, -0.25) is 0 Å². The zero-order valence-electron chi connectivity index (χ0n) is 15.7. The molecule has 0 aromatic heterocycles. The summed E-state index contributed by atoms with van der Waals surface area (Å²) < 4.78 is 13.1. The highest BCUT2D eigenvalue weighted by Crippen LogP contribution is 2.33. The second kappa shape index (κ2) is 11.5. The summed E-state index contributed by atoms with van der Waals surface area (Å²) in [5.74, 6) is -0.319. The Labute approximate surface area is 139 Å². The van der Waals surface area contributed by atoms with Crippen LogP contribution in [0, 0.1) is 0 Å². The standard InChI is InChI=1S/C20H40O2/c1-5-14-18(3)21-20(22-19(4)15-6-2)16-12-10-8-7-9-11-13-17-20/h18-19H,5-17H2,1-4H3. The lowest BCUT2D eigenvalue weighted by Crippen LogP contribution is -2.41. The third-order valence-electron chi connectivity index (χ3n) is 4.84. The molecule has 1 saturated carbocycles. The molecule has 0 saturated heterocycles. The molecule has 0 amide bonds. The van der Waals surface area contributed by atoms with Crippen molar-refractivity contribution in [3.8, 4) is 0 Å². The van der Waals surface area contributed by atoms with Gasteiger partial charge in [-0.15, -0.1) is 0 Å². The van der Waals surface area contributed by atoms with Gasteiger partial charge in [-0.2, -0.15) is 0 Å². The van der Waals surface area contributed by atoms with Crippen LogP contribution in [-0.4, -0.2) is 18.0 Å². The fourth-order valence-electron chi connectivity index (χ4n) is 3.73. The van der Waals surface area contributed by atoms with Crippen LogP contribution in [0.2, 0.25) is 0 Å². The van der Waals surface area contributed by atoms with Crippen molar-refractivity contribution in [1.29, 1.82) is 0 Å². The van der Waals surface area contributed by atoms with Crippen LogP contribution in [0.3, 0.4) is 0 Å². The third kappa shape index (κ3) is 7.97. The first kappa shape index (κ1) is 20.0. The molecule has 0 aromatic rings. The van der Waals surface area contributed by atoms with Gasteiger partial charge in [0.05, 0.1) is 12.2 Å². The van der Waals surface area contributed by atoms with Gasteiger partial charge in [0.2, 0.25) is 0 Å². The minimum absolute atomic E-state index is 0.307. The van der Waals surface area contributed by atoms with Crippen LogP contribution in [-0.2, 0) is 9.47 Å². The van der Waals surface area contributed by atoms with Gasteiger partial charge < -0.3 is 9.47 Å². The van der Waals surface area contributed by atoms with Crippen molar-refractivity contribution < 1.29 is 9.47 Å². The van der Waals surface area contributed by atoms with Crippen molar-refractivity contribution in [3.63, 3.8) is 0 Å². The summed E-state index contributed by atoms with van der Waals surface area (Å²) in [5, 5.41) is 0. The summed E-state index contributed by atoms with van der Waals surface area (Å²) in [4.78, 5) is 0. The smallest absolute Gasteiger partial charge is 0.168 e. The van der Waals surface area contributed by atoms with E-state index in [1.54, 1.807) is 0 Å². The monoisotopic (exact) mass is 312 g/mol. The van der Waals surface area contributed by atoms with Gasteiger partial charge >= 0.3 is 0 Å². The van der Waals surface area contributed by atoms with Crippen LogP contribution in [0.25, 0.3) is 0 Å². The van der Waals surface area contributed by atoms with Crippen molar-refractivity contribution in [3.05, 3.63) is 0 Å². The van der Waals surface area contributed by atoms with Crippen molar-refractivity contribution in [2.75, 3.05) is 0 Å². The summed E-state index contributed by atoms with van der Waals surface area (Å²) in [6.45, 7) is 8.91. The van der Waals surface area contributed by atoms with Gasteiger partial charge in [0, 0.05) is 12.8 Å². The second-order valence-electron chi connectivity index (χ2n) is 7.32. The second-order valence-corrected chi connectivity index (χ2v) is 7.32. The molecule has 0 aliphatic heterocycles. The zero-order valence-corrected chi connectivity index (χ0v) is 15.7. The predicted octanol–water partition coefficient (Wildman–Crippen LogP) is 6.62. The van der Waals surface area contributed by atoms with Gasteiger partial charge in [0.25, 0.3) is 0 Å². The Balaban J connectivity index is 2.74. The maximum absolute atomic E-state index is 6.55. The topological polar surface area (TPSA) is 18.5 Å². The molecule has 2 heteroatoms. The molecular weight excluding hydrogens is 272 g/mol. The average Bonchev–Trinajstić information content (AvgIpc) is 2.46. The SMILES string of the molecule is CCCC(C)OC1(OC(C)CCC)CCCCCCCCC1. The summed E-state index contributed by atoms with van der Waals surface area (Å²) in [6.07, 6.45) is 16.7. The molecule has 2 unspecified atom stereocenters. The third-order valence-corrected chi connectivity index (χ3v) is 4.84. The molecule has 1 aliphatic rings. The molecule has 0 radical (unpaired) electrons. The van der Waals surface area contributed by atoms with E-state index in [0.29, 0.717) is 12.2 Å². The number of hydrogen-bond donors (Lipinski definition) is 0. The van der Waals surface area contributed by atoms with E-state index in [4.69, 9.17) is 9.47 Å². The van der Waals surface area contributed by atoms with Gasteiger partial charge in [-0.05, 0) is 39.5 Å². The molecule has 0 N–H and O–H groups in total. The first-order valence-electron chi connectivity index (χ1n) is 9.97. The summed E-state index contributed by atoms with van der Waals surface area (Å²) >= 11 is 0. The molecule has 0 heterocycles. The Bertz CT molecular complexity index is 238. The molecular formula is C20H40O2. The quantitative estimate of drug-likeness (QED) is 0.469. The fourth-order valence-corrected chi connectivity index (χ4v) is 3.73. The van der Waals surface area contributed by atoms with E-state index >= 15 is 0 Å². The number of rotatable bonds is 8. The van der Waals surface area contributed by atoms with Crippen LogP contribution in [0.15, 0.2) is 0 Å². The maximum Gasteiger partial charge on any atom is 0.168 e. The summed E-state index contributed by atoms with van der Waals surface area (Å²) in [7, 11) is 0. The summed E-state index contributed by atoms with van der Waals surface area (Å²) in [5.41, 5.74) is 0. The van der Waals surface area contributed by atoms with Crippen LogP contribution in [0.5, 0.6) is 0 Å². The highest BCUT2D eigenvalue weighted by Gasteiger charge is 2.34. The Hall–Kier alpha value is -0.0800. The highest BCUT2D eigenvalue weighted by molar-refractivity contribution is 4.75. The van der Waals surface area contributed by atoms with Crippen molar-refractivity contribution in [2.45, 2.75) is 129 Å². The van der Waals surface area contributed by atoms with Gasteiger partial charge in [-0.1, -0.05) is 58.8 Å². The molecule has 0 spiro atoms. The zero-order chi connectivity index (χ0) is 16.3. The van der Waals surface area contributed by atoms with E-state index in [2.05, 4.69) is 27.7 Å². The van der Waals surface area contributed by atoms with Gasteiger partial charge in [0.1, 0.15) is 0 Å². The molecule has 0 aromatic carbocycles. The van der Waals surface area contributed by atoms with E-state index < -0.39 is 0 Å². The lowest BCUT2D eigenvalue weighted by Gasteiger charge is -2.39. The maximum atomic E-state index is 6.55. The molecule has 132 valence electrons. The summed E-state index contributed by atoms with van der Waals surface area (Å²) in [6, 6.07) is 0. The van der Waals surface area contributed by atoms with Crippen LogP contribution < -0.4 is 0 Å². The number of hydrogen-bond acceptors (Lipinski definition) is 2. The highest BCUT2D eigenvalue weighted by atomic mass is 16.7. The predicted molar refractivity (Wildman–Crippen MR) is 95.2 cm³/mol. The Morgan fingerprint density at radius 1 is 0.682 bits per heavy atom. The Morgan fingerprint density at radius 2 is 1.05 bits per heavy atom. The van der Waals surface area contributed by atoms with E-state index in [1.165, 1.54) is 57.8 Å². The van der Waals surface area contributed by atoms with Gasteiger partial charge in [-0.25, -0.2) is 0 Å². The molecule has 1 aliphatic carbocycles. The Morgan fingerprint density at radius 3 is 1.41 bits per heavy atom.